The van der Waals surface area contributed by atoms with Crippen molar-refractivity contribution in [3.05, 3.63) is 121 Å². The maximum absolute atomic E-state index is 3.66. The Morgan fingerprint density at radius 2 is 0.975 bits per heavy atom. The van der Waals surface area contributed by atoms with E-state index < -0.39 is 0 Å². The monoisotopic (exact) mass is 545 g/mol. The fraction of sp³-hybridized carbons (Fsp3) is 0.500. The highest BCUT2D eigenvalue weighted by Crippen LogP contribution is 2.23. The maximum atomic E-state index is 3.66. The van der Waals surface area contributed by atoms with Crippen molar-refractivity contribution in [3.8, 4) is 0 Å². The average molecular weight is 545 g/mol. The average Bonchev–Trinajstić information content (AvgIpc) is 2.89. The molecule has 0 aromatic heterocycles. The van der Waals surface area contributed by atoms with Gasteiger partial charge in [0.15, 0.2) is 0 Å². The van der Waals surface area contributed by atoms with Gasteiger partial charge in [-0.2, -0.15) is 0 Å². The number of hydrogen-bond acceptors (Lipinski definition) is 0. The molecule has 2 aliphatic carbocycles. The Labute approximate surface area is 251 Å². The van der Waals surface area contributed by atoms with Gasteiger partial charge in [-0.25, -0.2) is 0 Å². The molecule has 2 atom stereocenters. The van der Waals surface area contributed by atoms with Crippen LogP contribution >= 0.6 is 0 Å². The molecule has 0 bridgehead atoms. The Bertz CT molecular complexity index is 851. The summed E-state index contributed by atoms with van der Waals surface area (Å²) >= 11 is 0. The summed E-state index contributed by atoms with van der Waals surface area (Å²) < 4.78 is 0. The van der Waals surface area contributed by atoms with Gasteiger partial charge >= 0.3 is 0 Å². The molecule has 2 rings (SSSR count). The first kappa shape index (κ1) is 39.5. The molecule has 0 aromatic rings. The second-order valence-corrected chi connectivity index (χ2v) is 12.4. The lowest BCUT2D eigenvalue weighted by Crippen LogP contribution is -2.06. The lowest BCUT2D eigenvalue weighted by Gasteiger charge is -2.17. The van der Waals surface area contributed by atoms with Crippen molar-refractivity contribution in [1.82, 2.24) is 0 Å². The first-order valence-electron chi connectivity index (χ1n) is 15.4. The smallest absolute Gasteiger partial charge is 0.0172 e. The third-order valence-electron chi connectivity index (χ3n) is 6.70. The van der Waals surface area contributed by atoms with Crippen LogP contribution in [0.5, 0.6) is 0 Å². The van der Waals surface area contributed by atoms with Crippen LogP contribution in [0.3, 0.4) is 0 Å². The summed E-state index contributed by atoms with van der Waals surface area (Å²) in [6.45, 7) is 33.5. The zero-order chi connectivity index (χ0) is 31.1. The molecule has 0 heteroatoms. The van der Waals surface area contributed by atoms with Crippen molar-refractivity contribution in [2.45, 2.75) is 95.9 Å². The Hall–Kier alpha value is -2.60. The van der Waals surface area contributed by atoms with Gasteiger partial charge in [0.25, 0.3) is 0 Å². The fourth-order valence-corrected chi connectivity index (χ4v) is 3.47. The van der Waals surface area contributed by atoms with Crippen molar-refractivity contribution in [3.63, 3.8) is 0 Å². The Morgan fingerprint density at radius 1 is 0.650 bits per heavy atom. The molecule has 0 heterocycles. The van der Waals surface area contributed by atoms with E-state index in [9.17, 15) is 0 Å². The van der Waals surface area contributed by atoms with E-state index in [1.807, 2.05) is 26.0 Å². The minimum absolute atomic E-state index is 0.633. The lowest BCUT2D eigenvalue weighted by atomic mass is 9.88. The van der Waals surface area contributed by atoms with Crippen LogP contribution < -0.4 is 0 Å². The highest BCUT2D eigenvalue weighted by Gasteiger charge is 2.10. The summed E-state index contributed by atoms with van der Waals surface area (Å²) in [6.07, 6.45) is 32.5. The SMILES string of the molecule is C=C/C(C)=C\C=C/C(C)C.C=C/C(C)=C\C=C\C(C)C.CC1=CCC(C(C)C)C=C1.CC1=CC[C@@H](C(C)C)C=C1. The number of hydrogen-bond donors (Lipinski definition) is 0. The Balaban J connectivity index is 0. The van der Waals surface area contributed by atoms with Gasteiger partial charge in [-0.15, -0.1) is 0 Å². The van der Waals surface area contributed by atoms with Crippen LogP contribution in [0.1, 0.15) is 95.9 Å². The van der Waals surface area contributed by atoms with Crippen LogP contribution in [-0.4, -0.2) is 0 Å². The van der Waals surface area contributed by atoms with E-state index in [0.29, 0.717) is 11.8 Å². The van der Waals surface area contributed by atoms with Crippen LogP contribution in [0.4, 0.5) is 0 Å². The highest BCUT2D eigenvalue weighted by atomic mass is 14.2. The Kier molecular flexibility index (Phi) is 23.9. The minimum atomic E-state index is 0.633. The van der Waals surface area contributed by atoms with Crippen molar-refractivity contribution in [2.75, 3.05) is 0 Å². The van der Waals surface area contributed by atoms with Gasteiger partial charge in [0.2, 0.25) is 0 Å². The molecular formula is C40H64. The van der Waals surface area contributed by atoms with Gasteiger partial charge in [0.1, 0.15) is 0 Å². The number of rotatable bonds is 8. The van der Waals surface area contributed by atoms with E-state index in [1.165, 1.54) is 35.1 Å². The van der Waals surface area contributed by atoms with Crippen LogP contribution in [-0.2, 0) is 0 Å². The summed E-state index contributed by atoms with van der Waals surface area (Å²) in [5, 5.41) is 0. The zero-order valence-corrected chi connectivity index (χ0v) is 28.4. The molecule has 0 saturated carbocycles. The summed E-state index contributed by atoms with van der Waals surface area (Å²) in [4.78, 5) is 0. The van der Waals surface area contributed by atoms with E-state index in [-0.39, 0.29) is 0 Å². The van der Waals surface area contributed by atoms with E-state index >= 15 is 0 Å². The molecule has 0 radical (unpaired) electrons. The van der Waals surface area contributed by atoms with Crippen molar-refractivity contribution >= 4 is 0 Å². The molecule has 0 saturated heterocycles. The van der Waals surface area contributed by atoms with Gasteiger partial charge in [-0.1, -0.05) is 176 Å². The quantitative estimate of drug-likeness (QED) is 0.267. The van der Waals surface area contributed by atoms with Gasteiger partial charge in [0.05, 0.1) is 0 Å². The van der Waals surface area contributed by atoms with Crippen molar-refractivity contribution in [2.24, 2.45) is 35.5 Å². The minimum Gasteiger partial charge on any atom is -0.0988 e. The van der Waals surface area contributed by atoms with Gasteiger partial charge in [-0.3, -0.25) is 0 Å². The topological polar surface area (TPSA) is 0 Å². The van der Waals surface area contributed by atoms with Crippen molar-refractivity contribution < 1.29 is 0 Å². The van der Waals surface area contributed by atoms with E-state index in [2.05, 4.69) is 155 Å². The van der Waals surface area contributed by atoms with E-state index in [0.717, 1.165) is 23.7 Å². The molecule has 0 fully saturated rings. The maximum Gasteiger partial charge on any atom is -0.0172 e. The van der Waals surface area contributed by atoms with Gasteiger partial charge in [0, 0.05) is 0 Å². The molecule has 40 heavy (non-hydrogen) atoms. The van der Waals surface area contributed by atoms with Gasteiger partial charge < -0.3 is 0 Å². The highest BCUT2D eigenvalue weighted by molar-refractivity contribution is 5.22. The third kappa shape index (κ3) is 24.4. The van der Waals surface area contributed by atoms with Crippen molar-refractivity contribution in [1.29, 1.82) is 0 Å². The predicted octanol–water partition coefficient (Wildman–Crippen LogP) is 13.0. The molecular weight excluding hydrogens is 480 g/mol. The summed E-state index contributed by atoms with van der Waals surface area (Å²) in [6, 6.07) is 0. The van der Waals surface area contributed by atoms with E-state index in [1.54, 1.807) is 0 Å². The second-order valence-electron chi connectivity index (χ2n) is 12.4. The lowest BCUT2D eigenvalue weighted by molar-refractivity contribution is 0.466. The molecule has 0 N–H and O–H groups in total. The van der Waals surface area contributed by atoms with Crippen LogP contribution in [0.15, 0.2) is 121 Å². The predicted molar refractivity (Wildman–Crippen MR) is 188 cm³/mol. The third-order valence-corrected chi connectivity index (χ3v) is 6.70. The Morgan fingerprint density at radius 3 is 1.18 bits per heavy atom. The fourth-order valence-electron chi connectivity index (χ4n) is 3.47. The molecule has 0 spiro atoms. The number of allylic oxidation sites excluding steroid dienone is 18. The standard InChI is InChI=1S/4C10H16/c2*1-8(2)10-6-4-9(3)5-7-10;2*1-5-10(4)8-6-7-9(2)3/h2*4-6,8,10H,7H2,1-3H3;2*5-9H,1H2,2-4H3/b;;7-6+,10-8-;7-6-,10-8-/t10-;;;/m0.../s1. The van der Waals surface area contributed by atoms with Crippen LogP contribution in [0.25, 0.3) is 0 Å². The molecule has 224 valence electrons. The molecule has 2 aliphatic rings. The largest absolute Gasteiger partial charge is 0.0988 e. The zero-order valence-electron chi connectivity index (χ0n) is 28.4. The molecule has 0 aromatic carbocycles. The first-order chi connectivity index (χ1) is 18.7. The molecule has 0 aliphatic heterocycles. The summed E-state index contributed by atoms with van der Waals surface area (Å²) in [7, 11) is 0. The van der Waals surface area contributed by atoms with Crippen LogP contribution in [0.2, 0.25) is 0 Å². The summed E-state index contributed by atoms with van der Waals surface area (Å²) in [5.41, 5.74) is 5.24. The molecule has 0 nitrogen and oxygen atoms in total. The van der Waals surface area contributed by atoms with Gasteiger partial charge in [-0.05, 0) is 76.0 Å². The molecule has 0 amide bonds. The summed E-state index contributed by atoms with van der Waals surface area (Å²) in [5.74, 6) is 4.41. The first-order valence-corrected chi connectivity index (χ1v) is 15.4. The second kappa shape index (κ2) is 24.2. The molecule has 1 unspecified atom stereocenters. The van der Waals surface area contributed by atoms with E-state index in [4.69, 9.17) is 0 Å². The van der Waals surface area contributed by atoms with Crippen LogP contribution in [0, 0.1) is 35.5 Å². The normalized spacial score (nSPS) is 19.1.